The van der Waals surface area contributed by atoms with Crippen molar-refractivity contribution in [1.29, 1.82) is 0 Å². The van der Waals surface area contributed by atoms with Crippen molar-refractivity contribution in [3.63, 3.8) is 0 Å². The van der Waals surface area contributed by atoms with Gasteiger partial charge in [0.05, 0.1) is 5.69 Å². The number of fused-ring (bicyclic) bond motifs is 1. The molecule has 2 aromatic rings. The van der Waals surface area contributed by atoms with Crippen LogP contribution in [0, 0.1) is 13.8 Å². The van der Waals surface area contributed by atoms with Crippen LogP contribution in [0.1, 0.15) is 11.3 Å². The number of aromatic nitrogens is 3. The minimum absolute atomic E-state index is 0.319. The van der Waals surface area contributed by atoms with Gasteiger partial charge in [0.25, 0.3) is 0 Å². The van der Waals surface area contributed by atoms with Crippen LogP contribution < -0.4 is 5.73 Å². The number of nitrogens with two attached hydrogens (primary N) is 1. The summed E-state index contributed by atoms with van der Waals surface area (Å²) in [6.45, 7) is 3.82. The molecule has 0 saturated carbocycles. The molecule has 13 heavy (non-hydrogen) atoms. The number of aromatic amines is 1. The van der Waals surface area contributed by atoms with E-state index in [1.807, 2.05) is 13.8 Å². The van der Waals surface area contributed by atoms with Gasteiger partial charge in [-0.2, -0.15) is 4.98 Å². The van der Waals surface area contributed by atoms with Crippen LogP contribution in [0.25, 0.3) is 11.2 Å². The van der Waals surface area contributed by atoms with Gasteiger partial charge >= 0.3 is 0 Å². The number of hydrogen-bond acceptors (Lipinski definition) is 3. The Morgan fingerprint density at radius 3 is 2.69 bits per heavy atom. The molecule has 0 spiro atoms. The van der Waals surface area contributed by atoms with Gasteiger partial charge < -0.3 is 10.7 Å². The fourth-order valence-corrected chi connectivity index (χ4v) is 1.40. The molecule has 0 amide bonds. The van der Waals surface area contributed by atoms with Gasteiger partial charge in [-0.15, -0.1) is 0 Å². The van der Waals surface area contributed by atoms with Crippen molar-refractivity contribution in [2.24, 2.45) is 0 Å². The molecule has 0 saturated heterocycles. The van der Waals surface area contributed by atoms with Crippen LogP contribution in [-0.4, -0.2) is 15.0 Å². The topological polar surface area (TPSA) is 67.6 Å². The second-order valence-electron chi connectivity index (χ2n) is 2.96. The van der Waals surface area contributed by atoms with Crippen molar-refractivity contribution < 1.29 is 0 Å². The van der Waals surface area contributed by atoms with Gasteiger partial charge in [-0.25, -0.2) is 4.98 Å². The molecule has 2 rings (SSSR count). The molecule has 68 valence electrons. The highest BCUT2D eigenvalue weighted by Gasteiger charge is 2.09. The number of rotatable bonds is 0. The number of nitrogen functional groups attached to an aromatic ring is 1. The van der Waals surface area contributed by atoms with Gasteiger partial charge in [0.15, 0.2) is 5.65 Å². The Balaban J connectivity index is 2.92. The number of H-pyrrole nitrogens is 1. The number of halogens is 1. The van der Waals surface area contributed by atoms with Crippen molar-refractivity contribution in [3.8, 4) is 0 Å². The van der Waals surface area contributed by atoms with E-state index in [4.69, 9.17) is 17.3 Å². The van der Waals surface area contributed by atoms with E-state index in [0.29, 0.717) is 22.1 Å². The summed E-state index contributed by atoms with van der Waals surface area (Å²) in [6.07, 6.45) is 0. The summed E-state index contributed by atoms with van der Waals surface area (Å²) in [6, 6.07) is 0. The van der Waals surface area contributed by atoms with E-state index in [-0.39, 0.29) is 0 Å². The van der Waals surface area contributed by atoms with Crippen molar-refractivity contribution in [2.75, 3.05) is 5.73 Å². The van der Waals surface area contributed by atoms with E-state index in [1.165, 1.54) is 0 Å². The predicted octanol–water partition coefficient (Wildman–Crippen LogP) is 1.81. The Kier molecular flexibility index (Phi) is 1.66. The molecule has 0 radical (unpaired) electrons. The molecule has 0 fully saturated rings. The van der Waals surface area contributed by atoms with Gasteiger partial charge in [0.2, 0.25) is 5.28 Å². The largest absolute Gasteiger partial charge is 0.397 e. The van der Waals surface area contributed by atoms with Crippen LogP contribution in [0.2, 0.25) is 5.28 Å². The van der Waals surface area contributed by atoms with Gasteiger partial charge in [0.1, 0.15) is 5.52 Å². The van der Waals surface area contributed by atoms with Gasteiger partial charge in [0, 0.05) is 5.69 Å². The van der Waals surface area contributed by atoms with Crippen LogP contribution in [0.3, 0.4) is 0 Å². The number of nitrogens with one attached hydrogen (secondary N) is 1. The summed E-state index contributed by atoms with van der Waals surface area (Å²) < 4.78 is 0. The SMILES string of the molecule is Cc1nc2nc(Cl)[nH]c2c(N)c1C. The number of pyridine rings is 1. The Morgan fingerprint density at radius 1 is 1.31 bits per heavy atom. The molecule has 2 heterocycles. The molecule has 0 unspecified atom stereocenters. The second kappa shape index (κ2) is 2.60. The van der Waals surface area contributed by atoms with E-state index in [1.54, 1.807) is 0 Å². The third-order valence-electron chi connectivity index (χ3n) is 2.15. The van der Waals surface area contributed by atoms with Crippen molar-refractivity contribution in [3.05, 3.63) is 16.5 Å². The Hall–Kier alpha value is -1.29. The van der Waals surface area contributed by atoms with Crippen molar-refractivity contribution >= 4 is 28.5 Å². The minimum atomic E-state index is 0.319. The Bertz CT molecular complexity index is 474. The van der Waals surface area contributed by atoms with E-state index >= 15 is 0 Å². The first-order valence-electron chi connectivity index (χ1n) is 3.87. The average molecular weight is 197 g/mol. The summed E-state index contributed by atoms with van der Waals surface area (Å²) in [5, 5.41) is 0.319. The maximum Gasteiger partial charge on any atom is 0.202 e. The van der Waals surface area contributed by atoms with Crippen molar-refractivity contribution in [2.45, 2.75) is 13.8 Å². The van der Waals surface area contributed by atoms with Gasteiger partial charge in [-0.1, -0.05) is 0 Å². The molecule has 0 bridgehead atoms. The summed E-state index contributed by atoms with van der Waals surface area (Å²) in [5.74, 6) is 0. The lowest BCUT2D eigenvalue weighted by molar-refractivity contribution is 1.18. The highest BCUT2D eigenvalue weighted by atomic mass is 35.5. The normalized spacial score (nSPS) is 11.0. The third-order valence-corrected chi connectivity index (χ3v) is 2.32. The number of aryl methyl sites for hydroxylation is 1. The molecule has 2 aromatic heterocycles. The molecule has 0 aliphatic carbocycles. The van der Waals surface area contributed by atoms with Crippen LogP contribution >= 0.6 is 11.6 Å². The zero-order chi connectivity index (χ0) is 9.59. The molecular weight excluding hydrogens is 188 g/mol. The number of imidazole rings is 1. The van der Waals surface area contributed by atoms with Crippen LogP contribution in [-0.2, 0) is 0 Å². The summed E-state index contributed by atoms with van der Waals surface area (Å²) in [5.41, 5.74) is 9.67. The predicted molar refractivity (Wildman–Crippen MR) is 52.8 cm³/mol. The summed E-state index contributed by atoms with van der Waals surface area (Å²) in [4.78, 5) is 11.1. The first-order chi connectivity index (χ1) is 6.09. The van der Waals surface area contributed by atoms with Crippen LogP contribution in [0.15, 0.2) is 0 Å². The average Bonchev–Trinajstić information content (AvgIpc) is 2.42. The van der Waals surface area contributed by atoms with Gasteiger partial charge in [-0.05, 0) is 31.0 Å². The monoisotopic (exact) mass is 196 g/mol. The molecule has 4 nitrogen and oxygen atoms in total. The zero-order valence-electron chi connectivity index (χ0n) is 7.35. The molecule has 0 aliphatic rings. The molecule has 5 heteroatoms. The molecule has 0 aliphatic heterocycles. The molecular formula is C8H9ClN4. The highest BCUT2D eigenvalue weighted by molar-refractivity contribution is 6.29. The number of hydrogen-bond donors (Lipinski definition) is 2. The number of anilines is 1. The lowest BCUT2D eigenvalue weighted by atomic mass is 10.2. The highest BCUT2D eigenvalue weighted by Crippen LogP contribution is 2.23. The van der Waals surface area contributed by atoms with E-state index in [2.05, 4.69) is 15.0 Å². The molecule has 3 N–H and O–H groups in total. The lowest BCUT2D eigenvalue weighted by Gasteiger charge is -2.02. The standard InChI is InChI=1S/C8H9ClN4/c1-3-4(2)11-7-6(5(3)10)12-8(9)13-7/h1-2H3,(H3,10,11,12,13). The zero-order valence-corrected chi connectivity index (χ0v) is 8.11. The maximum absolute atomic E-state index is 5.86. The Labute approximate surface area is 80.1 Å². The molecule has 0 atom stereocenters. The number of nitrogens with zero attached hydrogens (tertiary/aromatic N) is 2. The first-order valence-corrected chi connectivity index (χ1v) is 4.25. The smallest absolute Gasteiger partial charge is 0.202 e. The summed E-state index contributed by atoms with van der Waals surface area (Å²) >= 11 is 5.70. The quantitative estimate of drug-likeness (QED) is 0.675. The van der Waals surface area contributed by atoms with E-state index in [0.717, 1.165) is 11.3 Å². The minimum Gasteiger partial charge on any atom is -0.397 e. The fraction of sp³-hybridized carbons (Fsp3) is 0.250. The summed E-state index contributed by atoms with van der Waals surface area (Å²) in [7, 11) is 0. The lowest BCUT2D eigenvalue weighted by Crippen LogP contribution is -1.96. The first kappa shape index (κ1) is 8.31. The van der Waals surface area contributed by atoms with Crippen LogP contribution in [0.5, 0.6) is 0 Å². The van der Waals surface area contributed by atoms with Crippen LogP contribution in [0.4, 0.5) is 5.69 Å². The van der Waals surface area contributed by atoms with Crippen molar-refractivity contribution in [1.82, 2.24) is 15.0 Å². The van der Waals surface area contributed by atoms with E-state index < -0.39 is 0 Å². The Morgan fingerprint density at radius 2 is 2.00 bits per heavy atom. The van der Waals surface area contributed by atoms with Gasteiger partial charge in [-0.3, -0.25) is 0 Å². The molecule has 0 aromatic carbocycles. The fourth-order valence-electron chi connectivity index (χ4n) is 1.23. The second-order valence-corrected chi connectivity index (χ2v) is 3.32. The third kappa shape index (κ3) is 1.14. The van der Waals surface area contributed by atoms with E-state index in [9.17, 15) is 0 Å². The maximum atomic E-state index is 5.86.